The Balaban J connectivity index is 1.79. The lowest BCUT2D eigenvalue weighted by Gasteiger charge is -2.05. The highest BCUT2D eigenvalue weighted by Gasteiger charge is 2.07. The fourth-order valence-electron chi connectivity index (χ4n) is 2.72. The quantitative estimate of drug-likeness (QED) is 0.564. The molecule has 0 unspecified atom stereocenters. The first-order valence-corrected chi connectivity index (χ1v) is 8.29. The molecule has 0 saturated heterocycles. The molecule has 0 bridgehead atoms. The molecule has 1 N–H and O–H groups in total. The Morgan fingerprint density at radius 3 is 2.23 bits per heavy atom. The van der Waals surface area contributed by atoms with Crippen molar-refractivity contribution in [3.63, 3.8) is 0 Å². The van der Waals surface area contributed by atoms with Crippen LogP contribution in [-0.4, -0.2) is 5.91 Å². The number of para-hydroxylation sites is 1. The van der Waals surface area contributed by atoms with Crippen LogP contribution in [0.1, 0.15) is 10.4 Å². The molecule has 26 heavy (non-hydrogen) atoms. The molecule has 0 aliphatic carbocycles. The Bertz CT molecular complexity index is 1120. The topological polar surface area (TPSA) is 54.6 Å². The molecular formula is C22H16N2O2. The van der Waals surface area contributed by atoms with Crippen LogP contribution >= 0.6 is 0 Å². The van der Waals surface area contributed by atoms with Crippen molar-refractivity contribution in [1.29, 1.82) is 0 Å². The summed E-state index contributed by atoms with van der Waals surface area (Å²) in [5.41, 5.74) is 4.85. The highest BCUT2D eigenvalue weighted by molar-refractivity contribution is 5.93. The van der Waals surface area contributed by atoms with E-state index in [1.807, 2.05) is 78.9 Å². The van der Waals surface area contributed by atoms with Gasteiger partial charge in [-0.2, -0.15) is 5.10 Å². The molecule has 126 valence electrons. The summed E-state index contributed by atoms with van der Waals surface area (Å²) < 4.78 is 6.01. The maximum absolute atomic E-state index is 12.3. The van der Waals surface area contributed by atoms with Gasteiger partial charge in [-0.1, -0.05) is 60.7 Å². The van der Waals surface area contributed by atoms with Crippen LogP contribution in [0.5, 0.6) is 0 Å². The van der Waals surface area contributed by atoms with Crippen molar-refractivity contribution in [3.8, 4) is 11.3 Å². The second-order valence-electron chi connectivity index (χ2n) is 5.78. The van der Waals surface area contributed by atoms with E-state index in [-0.39, 0.29) is 5.91 Å². The van der Waals surface area contributed by atoms with E-state index in [0.717, 1.165) is 10.9 Å². The van der Waals surface area contributed by atoms with E-state index in [2.05, 4.69) is 10.5 Å². The number of amides is 1. The lowest BCUT2D eigenvalue weighted by molar-refractivity contribution is 0.0953. The van der Waals surface area contributed by atoms with Crippen molar-refractivity contribution in [3.05, 3.63) is 102 Å². The fraction of sp³-hybridized carbons (Fsp3) is 0. The number of nitrogens with one attached hydrogen (secondary N) is 1. The molecule has 1 aromatic heterocycles. The predicted molar refractivity (Wildman–Crippen MR) is 101 cm³/mol. The van der Waals surface area contributed by atoms with Gasteiger partial charge in [-0.25, -0.2) is 5.43 Å². The zero-order valence-corrected chi connectivity index (χ0v) is 13.9. The summed E-state index contributed by atoms with van der Waals surface area (Å²) in [5, 5.41) is 5.82. The van der Waals surface area contributed by atoms with Crippen LogP contribution in [0.15, 0.2) is 101 Å². The fourth-order valence-corrected chi connectivity index (χ4v) is 2.72. The standard InChI is InChI=1S/C22H16N2O2/c25-22(17-11-5-2-6-12-17)24-23-19-15-21(16-9-3-1-4-10-16)26-20-14-8-7-13-18(19)20/h1-15H,(H,24,25)/b23-19-. The van der Waals surface area contributed by atoms with Crippen LogP contribution in [0.2, 0.25) is 0 Å². The molecular weight excluding hydrogens is 324 g/mol. The molecule has 4 heteroatoms. The molecule has 0 fully saturated rings. The summed E-state index contributed by atoms with van der Waals surface area (Å²) in [6.45, 7) is 0. The molecule has 0 spiro atoms. The lowest BCUT2D eigenvalue weighted by atomic mass is 10.1. The van der Waals surface area contributed by atoms with Gasteiger partial charge >= 0.3 is 0 Å². The van der Waals surface area contributed by atoms with E-state index in [1.165, 1.54) is 0 Å². The molecule has 1 heterocycles. The molecule has 1 amide bonds. The molecule has 0 aliphatic rings. The molecule has 4 rings (SSSR count). The zero-order chi connectivity index (χ0) is 17.8. The second-order valence-corrected chi connectivity index (χ2v) is 5.78. The molecule has 0 saturated carbocycles. The third-order valence-electron chi connectivity index (χ3n) is 4.02. The van der Waals surface area contributed by atoms with Crippen LogP contribution in [-0.2, 0) is 0 Å². The van der Waals surface area contributed by atoms with Gasteiger partial charge in [-0.3, -0.25) is 4.79 Å². The third-order valence-corrected chi connectivity index (χ3v) is 4.02. The zero-order valence-electron chi connectivity index (χ0n) is 13.9. The van der Waals surface area contributed by atoms with Crippen molar-refractivity contribution >= 4 is 16.9 Å². The molecule has 0 radical (unpaired) electrons. The van der Waals surface area contributed by atoms with Crippen molar-refractivity contribution in [1.82, 2.24) is 5.43 Å². The predicted octanol–water partition coefficient (Wildman–Crippen LogP) is 4.35. The molecule has 3 aromatic carbocycles. The Hall–Kier alpha value is -3.66. The number of nitrogens with zero attached hydrogens (tertiary/aromatic N) is 1. The van der Waals surface area contributed by atoms with Crippen LogP contribution in [0.3, 0.4) is 0 Å². The number of carbonyl (C=O) groups is 1. The van der Waals surface area contributed by atoms with Crippen LogP contribution in [0, 0.1) is 0 Å². The summed E-state index contributed by atoms with van der Waals surface area (Å²) >= 11 is 0. The second kappa shape index (κ2) is 7.07. The minimum absolute atomic E-state index is 0.253. The minimum atomic E-state index is -0.253. The van der Waals surface area contributed by atoms with Crippen molar-refractivity contribution in [2.75, 3.05) is 0 Å². The molecule has 4 nitrogen and oxygen atoms in total. The van der Waals surface area contributed by atoms with Gasteiger partial charge in [0.1, 0.15) is 11.3 Å². The van der Waals surface area contributed by atoms with Gasteiger partial charge in [0, 0.05) is 22.6 Å². The minimum Gasteiger partial charge on any atom is -0.456 e. The first-order chi connectivity index (χ1) is 12.8. The van der Waals surface area contributed by atoms with E-state index < -0.39 is 0 Å². The SMILES string of the molecule is O=C(N/N=c1/cc(-c2ccccc2)oc2ccccc12)c1ccccc1. The number of benzene rings is 3. The Morgan fingerprint density at radius 2 is 1.46 bits per heavy atom. The normalized spacial score (nSPS) is 11.5. The van der Waals surface area contributed by atoms with E-state index in [0.29, 0.717) is 22.3 Å². The first kappa shape index (κ1) is 15.8. The average Bonchev–Trinajstić information content (AvgIpc) is 2.73. The maximum Gasteiger partial charge on any atom is 0.271 e. The highest BCUT2D eigenvalue weighted by atomic mass is 16.3. The van der Waals surface area contributed by atoms with Gasteiger partial charge in [0.2, 0.25) is 0 Å². The van der Waals surface area contributed by atoms with E-state index in [4.69, 9.17) is 4.42 Å². The number of hydrogen-bond acceptors (Lipinski definition) is 3. The molecule has 0 atom stereocenters. The Kier molecular flexibility index (Phi) is 4.31. The lowest BCUT2D eigenvalue weighted by Crippen LogP contribution is -2.21. The van der Waals surface area contributed by atoms with Gasteiger partial charge in [-0.15, -0.1) is 0 Å². The van der Waals surface area contributed by atoms with Crippen molar-refractivity contribution in [2.45, 2.75) is 0 Å². The number of rotatable bonds is 3. The summed E-state index contributed by atoms with van der Waals surface area (Å²) in [5.74, 6) is 0.439. The number of hydrogen-bond donors (Lipinski definition) is 1. The summed E-state index contributed by atoms with van der Waals surface area (Å²) in [6.07, 6.45) is 0. The molecule has 4 aromatic rings. The van der Waals surface area contributed by atoms with Gasteiger partial charge in [0.25, 0.3) is 5.91 Å². The monoisotopic (exact) mass is 340 g/mol. The average molecular weight is 340 g/mol. The summed E-state index contributed by atoms with van der Waals surface area (Å²) in [7, 11) is 0. The molecule has 0 aliphatic heterocycles. The van der Waals surface area contributed by atoms with Crippen LogP contribution in [0.4, 0.5) is 0 Å². The Morgan fingerprint density at radius 1 is 0.808 bits per heavy atom. The van der Waals surface area contributed by atoms with Crippen LogP contribution in [0.25, 0.3) is 22.3 Å². The highest BCUT2D eigenvalue weighted by Crippen LogP contribution is 2.21. The van der Waals surface area contributed by atoms with E-state index in [1.54, 1.807) is 12.1 Å². The van der Waals surface area contributed by atoms with Crippen molar-refractivity contribution in [2.24, 2.45) is 5.10 Å². The summed E-state index contributed by atoms with van der Waals surface area (Å²) in [4.78, 5) is 12.3. The van der Waals surface area contributed by atoms with Gasteiger partial charge in [0.05, 0.1) is 5.36 Å². The van der Waals surface area contributed by atoms with Crippen LogP contribution < -0.4 is 10.8 Å². The maximum atomic E-state index is 12.3. The van der Waals surface area contributed by atoms with Gasteiger partial charge < -0.3 is 4.42 Å². The third kappa shape index (κ3) is 3.26. The number of carbonyl (C=O) groups excluding carboxylic acids is 1. The Labute approximate surface area is 150 Å². The van der Waals surface area contributed by atoms with Crippen molar-refractivity contribution < 1.29 is 9.21 Å². The van der Waals surface area contributed by atoms with E-state index >= 15 is 0 Å². The first-order valence-electron chi connectivity index (χ1n) is 8.29. The smallest absolute Gasteiger partial charge is 0.271 e. The number of fused-ring (bicyclic) bond motifs is 1. The van der Waals surface area contributed by atoms with Gasteiger partial charge in [-0.05, 0) is 24.3 Å². The van der Waals surface area contributed by atoms with E-state index in [9.17, 15) is 4.79 Å². The summed E-state index contributed by atoms with van der Waals surface area (Å²) in [6, 6.07) is 28.3. The van der Waals surface area contributed by atoms with Gasteiger partial charge in [0.15, 0.2) is 0 Å². The largest absolute Gasteiger partial charge is 0.456 e.